The van der Waals surface area contributed by atoms with Gasteiger partial charge in [0.15, 0.2) is 11.5 Å². The number of ketones is 1. The van der Waals surface area contributed by atoms with E-state index in [0.29, 0.717) is 29.0 Å². The third-order valence-corrected chi connectivity index (χ3v) is 7.00. The first kappa shape index (κ1) is 20.2. The van der Waals surface area contributed by atoms with Gasteiger partial charge in [0.1, 0.15) is 17.4 Å². The van der Waals surface area contributed by atoms with E-state index >= 15 is 0 Å². The number of carbonyl (C=O) groups excluding carboxylic acids is 2. The molecule has 5 rings (SSSR count). The monoisotopic (exact) mass is 439 g/mol. The van der Waals surface area contributed by atoms with Gasteiger partial charge in [0.05, 0.1) is 24.1 Å². The topological polar surface area (TPSA) is 81.6 Å². The van der Waals surface area contributed by atoms with Crippen LogP contribution in [0.25, 0.3) is 0 Å². The first-order chi connectivity index (χ1) is 15.1. The molecule has 31 heavy (non-hydrogen) atoms. The third kappa shape index (κ3) is 3.43. The summed E-state index contributed by atoms with van der Waals surface area (Å²) in [5.41, 5.74) is 2.84. The van der Waals surface area contributed by atoms with Crippen molar-refractivity contribution in [3.63, 3.8) is 0 Å². The lowest BCUT2D eigenvalue weighted by Gasteiger charge is -2.37. The largest absolute Gasteiger partial charge is 0.494 e. The molecule has 0 radical (unpaired) electrons. The summed E-state index contributed by atoms with van der Waals surface area (Å²) in [5.74, 6) is 0.876. The molecule has 0 saturated heterocycles. The Labute approximate surface area is 185 Å². The molecule has 162 valence electrons. The fourth-order valence-electron chi connectivity index (χ4n) is 4.86. The van der Waals surface area contributed by atoms with Crippen molar-refractivity contribution in [2.45, 2.75) is 51.7 Å². The molecule has 1 aromatic heterocycles. The Morgan fingerprint density at radius 3 is 2.94 bits per heavy atom. The number of benzene rings is 1. The number of Topliss-reactive ketones (excluding diaryl/α,β-unsaturated/α-hetero) is 1. The SMILES string of the molecule is CCCOc1cccc(C2C3=C(OC4CCC(C)CC4C3=O)C(=O)N2c2nncs2)c1. The molecule has 1 amide bonds. The van der Waals surface area contributed by atoms with E-state index in [2.05, 4.69) is 17.1 Å². The average molecular weight is 440 g/mol. The molecule has 7 nitrogen and oxygen atoms in total. The number of carbonyl (C=O) groups is 2. The van der Waals surface area contributed by atoms with E-state index in [1.807, 2.05) is 31.2 Å². The normalized spacial score (nSPS) is 27.7. The number of rotatable bonds is 5. The number of ether oxygens (including phenoxy) is 2. The van der Waals surface area contributed by atoms with Crippen molar-refractivity contribution in [3.8, 4) is 5.75 Å². The molecular weight excluding hydrogens is 414 g/mol. The van der Waals surface area contributed by atoms with Crippen LogP contribution in [0.15, 0.2) is 41.1 Å². The summed E-state index contributed by atoms with van der Waals surface area (Å²) in [5, 5.41) is 8.50. The molecule has 1 aromatic carbocycles. The van der Waals surface area contributed by atoms with Crippen molar-refractivity contribution in [3.05, 3.63) is 46.7 Å². The lowest BCUT2D eigenvalue weighted by molar-refractivity contribution is -0.132. The van der Waals surface area contributed by atoms with Gasteiger partial charge in [-0.2, -0.15) is 0 Å². The van der Waals surface area contributed by atoms with Crippen LogP contribution < -0.4 is 9.64 Å². The van der Waals surface area contributed by atoms with Crippen LogP contribution in [0, 0.1) is 11.8 Å². The van der Waals surface area contributed by atoms with Gasteiger partial charge in [-0.25, -0.2) is 0 Å². The van der Waals surface area contributed by atoms with Gasteiger partial charge in [0.2, 0.25) is 5.13 Å². The van der Waals surface area contributed by atoms with Crippen molar-refractivity contribution in [2.24, 2.45) is 11.8 Å². The van der Waals surface area contributed by atoms with E-state index in [9.17, 15) is 9.59 Å². The summed E-state index contributed by atoms with van der Waals surface area (Å²) >= 11 is 1.27. The lowest BCUT2D eigenvalue weighted by Crippen LogP contribution is -2.41. The minimum atomic E-state index is -0.591. The molecule has 3 heterocycles. The van der Waals surface area contributed by atoms with Crippen molar-refractivity contribution in [1.82, 2.24) is 10.2 Å². The molecule has 2 aromatic rings. The molecule has 1 saturated carbocycles. The smallest absolute Gasteiger partial charge is 0.296 e. The van der Waals surface area contributed by atoms with Crippen molar-refractivity contribution < 1.29 is 19.1 Å². The van der Waals surface area contributed by atoms with Crippen LogP contribution >= 0.6 is 11.3 Å². The number of hydrogen-bond donors (Lipinski definition) is 0. The van der Waals surface area contributed by atoms with Gasteiger partial charge in [-0.3, -0.25) is 14.5 Å². The van der Waals surface area contributed by atoms with Crippen LogP contribution in [-0.4, -0.2) is 34.6 Å². The first-order valence-corrected chi connectivity index (χ1v) is 11.7. The summed E-state index contributed by atoms with van der Waals surface area (Å²) in [7, 11) is 0. The molecular formula is C23H25N3O4S. The summed E-state index contributed by atoms with van der Waals surface area (Å²) < 4.78 is 12.0. The minimum Gasteiger partial charge on any atom is -0.494 e. The molecule has 4 atom stereocenters. The Morgan fingerprint density at radius 1 is 1.29 bits per heavy atom. The highest BCUT2D eigenvalue weighted by Gasteiger charge is 2.53. The van der Waals surface area contributed by atoms with Crippen molar-refractivity contribution in [1.29, 1.82) is 0 Å². The number of amides is 1. The van der Waals surface area contributed by atoms with Gasteiger partial charge in [0.25, 0.3) is 5.91 Å². The fraction of sp³-hybridized carbons (Fsp3) is 0.478. The summed E-state index contributed by atoms with van der Waals surface area (Å²) in [6.07, 6.45) is 3.27. The molecule has 2 aliphatic heterocycles. The standard InChI is InChI=1S/C23H25N3O4S/c1-3-9-29-15-6-4-5-14(11-15)19-18-20(27)16-10-13(2)7-8-17(16)30-21(18)22(28)26(19)23-25-24-12-31-23/h4-6,11-13,16-17,19H,3,7-10H2,1-2H3. The van der Waals surface area contributed by atoms with E-state index in [1.165, 1.54) is 11.3 Å². The van der Waals surface area contributed by atoms with Crippen molar-refractivity contribution in [2.75, 3.05) is 11.5 Å². The van der Waals surface area contributed by atoms with Gasteiger partial charge in [0, 0.05) is 0 Å². The van der Waals surface area contributed by atoms with E-state index < -0.39 is 6.04 Å². The quantitative estimate of drug-likeness (QED) is 0.698. The molecule has 8 heteroatoms. The number of fused-ring (bicyclic) bond motifs is 1. The lowest BCUT2D eigenvalue weighted by atomic mass is 9.74. The molecule has 4 unspecified atom stereocenters. The van der Waals surface area contributed by atoms with Crippen LogP contribution in [-0.2, 0) is 14.3 Å². The number of aromatic nitrogens is 2. The Morgan fingerprint density at radius 2 is 2.16 bits per heavy atom. The average Bonchev–Trinajstić information content (AvgIpc) is 3.40. The van der Waals surface area contributed by atoms with E-state index in [4.69, 9.17) is 9.47 Å². The maximum absolute atomic E-state index is 13.7. The summed E-state index contributed by atoms with van der Waals surface area (Å²) in [6, 6.07) is 7.01. The number of anilines is 1. The van der Waals surface area contributed by atoms with Crippen LogP contribution in [0.3, 0.4) is 0 Å². The zero-order chi connectivity index (χ0) is 21.5. The van der Waals surface area contributed by atoms with Crippen LogP contribution in [0.5, 0.6) is 5.75 Å². The fourth-order valence-corrected chi connectivity index (χ4v) is 5.44. The van der Waals surface area contributed by atoms with Crippen LogP contribution in [0.4, 0.5) is 5.13 Å². The first-order valence-electron chi connectivity index (χ1n) is 10.9. The second kappa shape index (κ2) is 8.07. The molecule has 1 fully saturated rings. The highest BCUT2D eigenvalue weighted by atomic mass is 32.1. The molecule has 0 bridgehead atoms. The van der Waals surface area contributed by atoms with Crippen LogP contribution in [0.2, 0.25) is 0 Å². The van der Waals surface area contributed by atoms with Gasteiger partial charge in [-0.1, -0.05) is 37.3 Å². The highest BCUT2D eigenvalue weighted by molar-refractivity contribution is 7.13. The zero-order valence-electron chi connectivity index (χ0n) is 17.6. The van der Waals surface area contributed by atoms with Crippen molar-refractivity contribution >= 4 is 28.2 Å². The van der Waals surface area contributed by atoms with Gasteiger partial charge in [-0.15, -0.1) is 10.2 Å². The van der Waals surface area contributed by atoms with Gasteiger partial charge >= 0.3 is 0 Å². The maximum atomic E-state index is 13.7. The number of nitrogens with zero attached hydrogens (tertiary/aromatic N) is 3. The molecule has 0 spiro atoms. The molecule has 1 aliphatic carbocycles. The van der Waals surface area contributed by atoms with E-state index in [1.54, 1.807) is 10.4 Å². The predicted molar refractivity (Wildman–Crippen MR) is 116 cm³/mol. The van der Waals surface area contributed by atoms with E-state index in [0.717, 1.165) is 31.2 Å². The molecule has 3 aliphatic rings. The Balaban J connectivity index is 1.60. The Kier molecular flexibility index (Phi) is 5.25. The zero-order valence-corrected chi connectivity index (χ0v) is 18.4. The summed E-state index contributed by atoms with van der Waals surface area (Å²) in [6.45, 7) is 4.82. The van der Waals surface area contributed by atoms with Crippen LogP contribution in [0.1, 0.15) is 51.1 Å². The second-order valence-electron chi connectivity index (χ2n) is 8.51. The maximum Gasteiger partial charge on any atom is 0.296 e. The highest BCUT2D eigenvalue weighted by Crippen LogP contribution is 2.49. The number of hydrogen-bond acceptors (Lipinski definition) is 7. The van der Waals surface area contributed by atoms with Gasteiger partial charge < -0.3 is 9.47 Å². The van der Waals surface area contributed by atoms with E-state index in [-0.39, 0.29) is 29.5 Å². The minimum absolute atomic E-state index is 0.0306. The van der Waals surface area contributed by atoms with Gasteiger partial charge in [-0.05, 0) is 49.3 Å². The third-order valence-electron chi connectivity index (χ3n) is 6.31. The predicted octanol–water partition coefficient (Wildman–Crippen LogP) is 4.07. The Bertz CT molecular complexity index is 1040. The Hall–Kier alpha value is -2.74. The molecule has 0 N–H and O–H groups in total. The summed E-state index contributed by atoms with van der Waals surface area (Å²) in [4.78, 5) is 28.7. The second-order valence-corrected chi connectivity index (χ2v) is 9.32.